The highest BCUT2D eigenvalue weighted by atomic mass is 14.2. The van der Waals surface area contributed by atoms with Crippen molar-refractivity contribution in [1.82, 2.24) is 0 Å². The molecular weight excluding hydrogens is 168 g/mol. The molecule has 1 aromatic carbocycles. The molecule has 2 rings (SSSR count). The van der Waals surface area contributed by atoms with E-state index >= 15 is 0 Å². The lowest BCUT2D eigenvalue weighted by Crippen LogP contribution is -1.88. The fraction of sp³-hybridized carbons (Fsp3) is 0.286. The molecule has 0 saturated heterocycles. The summed E-state index contributed by atoms with van der Waals surface area (Å²) in [6.45, 7) is 6.49. The molecule has 72 valence electrons. The van der Waals surface area contributed by atoms with Crippen molar-refractivity contribution >= 4 is 0 Å². The second-order valence-corrected chi connectivity index (χ2v) is 4.14. The van der Waals surface area contributed by atoms with Crippen LogP contribution in [0.1, 0.15) is 30.9 Å². The summed E-state index contributed by atoms with van der Waals surface area (Å²) >= 11 is 0. The Morgan fingerprint density at radius 3 is 1.79 bits per heavy atom. The fourth-order valence-electron chi connectivity index (χ4n) is 1.83. The summed E-state index contributed by atoms with van der Waals surface area (Å²) < 4.78 is 0. The van der Waals surface area contributed by atoms with Crippen LogP contribution in [-0.4, -0.2) is 0 Å². The summed E-state index contributed by atoms with van der Waals surface area (Å²) in [7, 11) is 0. The molecule has 0 heterocycles. The van der Waals surface area contributed by atoms with Gasteiger partial charge in [0.2, 0.25) is 0 Å². The van der Waals surface area contributed by atoms with Gasteiger partial charge in [0, 0.05) is 5.92 Å². The van der Waals surface area contributed by atoms with Crippen molar-refractivity contribution in [2.24, 2.45) is 0 Å². The Balaban J connectivity index is 2.31. The van der Waals surface area contributed by atoms with Gasteiger partial charge in [-0.2, -0.15) is 0 Å². The largest absolute Gasteiger partial charge is 0.0700 e. The fourth-order valence-corrected chi connectivity index (χ4v) is 1.83. The molecule has 0 fully saturated rings. The molecule has 0 saturated carbocycles. The van der Waals surface area contributed by atoms with Crippen LogP contribution in [0.4, 0.5) is 0 Å². The van der Waals surface area contributed by atoms with Crippen LogP contribution < -0.4 is 0 Å². The Labute approximate surface area is 86.0 Å². The third kappa shape index (κ3) is 1.65. The number of benzene rings is 1. The second-order valence-electron chi connectivity index (χ2n) is 4.14. The molecule has 0 aromatic heterocycles. The Morgan fingerprint density at radius 1 is 0.786 bits per heavy atom. The van der Waals surface area contributed by atoms with Crippen molar-refractivity contribution in [3.8, 4) is 0 Å². The topological polar surface area (TPSA) is 0 Å². The van der Waals surface area contributed by atoms with Crippen molar-refractivity contribution in [3.63, 3.8) is 0 Å². The zero-order valence-electron chi connectivity index (χ0n) is 9.04. The Morgan fingerprint density at radius 2 is 1.29 bits per heavy atom. The van der Waals surface area contributed by atoms with Crippen LogP contribution in [0.5, 0.6) is 0 Å². The van der Waals surface area contributed by atoms with Gasteiger partial charge in [-0.25, -0.2) is 0 Å². The smallest absolute Gasteiger partial charge is 0.0210 e. The first-order valence-electron chi connectivity index (χ1n) is 5.10. The van der Waals surface area contributed by atoms with Crippen LogP contribution in [0.2, 0.25) is 0 Å². The SMILES string of the molecule is CC1=CC(c2ccc(C)cc2)C=C1C. The lowest BCUT2D eigenvalue weighted by molar-refractivity contribution is 1.09. The van der Waals surface area contributed by atoms with E-state index in [1.165, 1.54) is 22.3 Å². The van der Waals surface area contributed by atoms with E-state index in [4.69, 9.17) is 0 Å². The highest BCUT2D eigenvalue weighted by Crippen LogP contribution is 2.30. The molecule has 0 spiro atoms. The van der Waals surface area contributed by atoms with Gasteiger partial charge in [-0.3, -0.25) is 0 Å². The van der Waals surface area contributed by atoms with Gasteiger partial charge in [-0.15, -0.1) is 0 Å². The van der Waals surface area contributed by atoms with Crippen molar-refractivity contribution in [2.45, 2.75) is 26.7 Å². The molecule has 0 nitrogen and oxygen atoms in total. The molecule has 1 aliphatic carbocycles. The predicted octanol–water partition coefficient (Wildman–Crippen LogP) is 3.98. The van der Waals surface area contributed by atoms with Gasteiger partial charge in [0.25, 0.3) is 0 Å². The highest BCUT2D eigenvalue weighted by molar-refractivity contribution is 5.44. The number of hydrogen-bond donors (Lipinski definition) is 0. The summed E-state index contributed by atoms with van der Waals surface area (Å²) in [5.74, 6) is 0.496. The number of allylic oxidation sites excluding steroid dienone is 4. The maximum absolute atomic E-state index is 2.33. The third-order valence-corrected chi connectivity index (χ3v) is 2.94. The quantitative estimate of drug-likeness (QED) is 0.619. The highest BCUT2D eigenvalue weighted by Gasteiger charge is 2.12. The summed E-state index contributed by atoms with van der Waals surface area (Å²) in [4.78, 5) is 0. The maximum atomic E-state index is 2.33. The molecule has 0 heteroatoms. The van der Waals surface area contributed by atoms with Crippen molar-refractivity contribution < 1.29 is 0 Å². The molecule has 0 radical (unpaired) electrons. The third-order valence-electron chi connectivity index (χ3n) is 2.94. The van der Waals surface area contributed by atoms with Gasteiger partial charge < -0.3 is 0 Å². The van der Waals surface area contributed by atoms with E-state index in [1.807, 2.05) is 0 Å². The number of hydrogen-bond acceptors (Lipinski definition) is 0. The van der Waals surface area contributed by atoms with Crippen LogP contribution >= 0.6 is 0 Å². The summed E-state index contributed by atoms with van der Waals surface area (Å²) in [6.07, 6.45) is 4.67. The van der Waals surface area contributed by atoms with Gasteiger partial charge in [-0.05, 0) is 26.3 Å². The second kappa shape index (κ2) is 3.45. The average molecular weight is 184 g/mol. The molecule has 0 atom stereocenters. The molecule has 0 unspecified atom stereocenters. The van der Waals surface area contributed by atoms with Crippen LogP contribution in [0.15, 0.2) is 47.6 Å². The molecule has 1 aromatic rings. The number of aryl methyl sites for hydroxylation is 1. The standard InChI is InChI=1S/C14H16/c1-10-4-6-13(7-5-10)14-8-11(2)12(3)9-14/h4-9,14H,1-3H3. The first-order valence-corrected chi connectivity index (χ1v) is 5.10. The van der Waals surface area contributed by atoms with Gasteiger partial charge in [0.15, 0.2) is 0 Å². The van der Waals surface area contributed by atoms with E-state index < -0.39 is 0 Å². The molecule has 0 aliphatic heterocycles. The Kier molecular flexibility index (Phi) is 2.28. The molecule has 0 amide bonds. The van der Waals surface area contributed by atoms with Crippen LogP contribution in [0, 0.1) is 6.92 Å². The van der Waals surface area contributed by atoms with E-state index in [-0.39, 0.29) is 0 Å². The normalized spacial score (nSPS) is 16.8. The first-order chi connectivity index (χ1) is 6.66. The molecule has 14 heavy (non-hydrogen) atoms. The van der Waals surface area contributed by atoms with Crippen LogP contribution in [-0.2, 0) is 0 Å². The maximum Gasteiger partial charge on any atom is 0.0210 e. The van der Waals surface area contributed by atoms with E-state index in [2.05, 4.69) is 57.2 Å². The van der Waals surface area contributed by atoms with Crippen molar-refractivity contribution in [2.75, 3.05) is 0 Å². The van der Waals surface area contributed by atoms with Gasteiger partial charge >= 0.3 is 0 Å². The minimum Gasteiger partial charge on any atom is -0.0700 e. The lowest BCUT2D eigenvalue weighted by atomic mass is 9.99. The van der Waals surface area contributed by atoms with Crippen LogP contribution in [0.3, 0.4) is 0 Å². The van der Waals surface area contributed by atoms with Crippen LogP contribution in [0.25, 0.3) is 0 Å². The van der Waals surface area contributed by atoms with E-state index in [0.717, 1.165) is 0 Å². The monoisotopic (exact) mass is 184 g/mol. The molecule has 0 N–H and O–H groups in total. The van der Waals surface area contributed by atoms with Gasteiger partial charge in [-0.1, -0.05) is 53.1 Å². The summed E-state index contributed by atoms with van der Waals surface area (Å²) in [5.41, 5.74) is 5.55. The van der Waals surface area contributed by atoms with E-state index in [9.17, 15) is 0 Å². The zero-order chi connectivity index (χ0) is 10.1. The van der Waals surface area contributed by atoms with E-state index in [1.54, 1.807) is 0 Å². The Bertz CT molecular complexity index is 373. The lowest BCUT2D eigenvalue weighted by Gasteiger charge is -2.05. The molecule has 1 aliphatic rings. The predicted molar refractivity (Wildman–Crippen MR) is 61.4 cm³/mol. The molecule has 0 bridgehead atoms. The minimum absolute atomic E-state index is 0.496. The van der Waals surface area contributed by atoms with E-state index in [0.29, 0.717) is 5.92 Å². The van der Waals surface area contributed by atoms with Crippen molar-refractivity contribution in [3.05, 3.63) is 58.7 Å². The van der Waals surface area contributed by atoms with Gasteiger partial charge in [0.05, 0.1) is 0 Å². The van der Waals surface area contributed by atoms with Crippen molar-refractivity contribution in [1.29, 1.82) is 0 Å². The summed E-state index contributed by atoms with van der Waals surface area (Å²) in [5, 5.41) is 0. The zero-order valence-corrected chi connectivity index (χ0v) is 9.04. The van der Waals surface area contributed by atoms with Gasteiger partial charge in [0.1, 0.15) is 0 Å². The first kappa shape index (κ1) is 9.26. The number of rotatable bonds is 1. The molecular formula is C14H16. The minimum atomic E-state index is 0.496. The Hall–Kier alpha value is -1.30. The summed E-state index contributed by atoms with van der Waals surface area (Å²) in [6, 6.07) is 8.80. The average Bonchev–Trinajstić information content (AvgIpc) is 2.48.